The Hall–Kier alpha value is -2.47. The highest BCUT2D eigenvalue weighted by molar-refractivity contribution is 5.79. The number of halogens is 2. The molecular formula is C22H25F2NO3. The summed E-state index contributed by atoms with van der Waals surface area (Å²) in [6.45, 7) is 4.69. The van der Waals surface area contributed by atoms with Gasteiger partial charge < -0.3 is 14.7 Å². The maximum atomic E-state index is 13.8. The number of nitrogens with zero attached hydrogens (tertiary/aromatic N) is 1. The lowest BCUT2D eigenvalue weighted by molar-refractivity contribution is -0.136. The van der Waals surface area contributed by atoms with Crippen LogP contribution in [0.3, 0.4) is 0 Å². The van der Waals surface area contributed by atoms with E-state index in [1.54, 1.807) is 0 Å². The molecule has 4 nitrogen and oxygen atoms in total. The summed E-state index contributed by atoms with van der Waals surface area (Å²) in [7, 11) is 0. The van der Waals surface area contributed by atoms with Gasteiger partial charge in [0, 0.05) is 18.5 Å². The van der Waals surface area contributed by atoms with Crippen molar-refractivity contribution in [3.63, 3.8) is 0 Å². The van der Waals surface area contributed by atoms with E-state index in [0.717, 1.165) is 11.6 Å². The zero-order valence-electron chi connectivity index (χ0n) is 16.1. The van der Waals surface area contributed by atoms with Gasteiger partial charge in [0.1, 0.15) is 18.0 Å². The largest absolute Gasteiger partial charge is 0.488 e. The molecule has 0 radical (unpaired) electrons. The third-order valence-electron chi connectivity index (χ3n) is 5.06. The van der Waals surface area contributed by atoms with Gasteiger partial charge in [0.05, 0.1) is 13.0 Å². The molecule has 150 valence electrons. The molecule has 1 heterocycles. The number of aliphatic hydroxyl groups excluding tert-OH is 1. The standard InChI is InChI=1S/C22H25F2NO3/c1-14(2)15-5-3-7-17(11-15)28-20-9-10-25(13-19(20)26)21(27)12-16-6-4-8-18(23)22(16)24/h3-8,11,14,19-20,26H,9-10,12-13H2,1-2H3/t19-,20-/m1/s1. The van der Waals surface area contributed by atoms with Crippen LogP contribution in [0.4, 0.5) is 8.78 Å². The average molecular weight is 389 g/mol. The Morgan fingerprint density at radius 2 is 2.00 bits per heavy atom. The molecule has 0 bridgehead atoms. The number of amides is 1. The molecule has 2 atom stereocenters. The molecular weight excluding hydrogens is 364 g/mol. The van der Waals surface area contributed by atoms with Gasteiger partial charge in [-0.25, -0.2) is 8.78 Å². The van der Waals surface area contributed by atoms with E-state index in [4.69, 9.17) is 4.74 Å². The molecule has 2 aromatic rings. The van der Waals surface area contributed by atoms with Gasteiger partial charge >= 0.3 is 0 Å². The van der Waals surface area contributed by atoms with Crippen molar-refractivity contribution in [2.45, 2.75) is 44.8 Å². The summed E-state index contributed by atoms with van der Waals surface area (Å²) < 4.78 is 33.0. The van der Waals surface area contributed by atoms with E-state index in [0.29, 0.717) is 24.6 Å². The van der Waals surface area contributed by atoms with E-state index in [1.165, 1.54) is 17.0 Å². The third-order valence-corrected chi connectivity index (χ3v) is 5.06. The number of rotatable bonds is 5. The van der Waals surface area contributed by atoms with Crippen molar-refractivity contribution in [3.8, 4) is 5.75 Å². The number of likely N-dealkylation sites (tertiary alicyclic amines) is 1. The highest BCUT2D eigenvalue weighted by atomic mass is 19.2. The molecule has 28 heavy (non-hydrogen) atoms. The van der Waals surface area contributed by atoms with Gasteiger partial charge in [-0.1, -0.05) is 38.1 Å². The molecule has 0 unspecified atom stereocenters. The zero-order valence-corrected chi connectivity index (χ0v) is 16.1. The SMILES string of the molecule is CC(C)c1cccc(O[C@@H]2CCN(C(=O)Cc3cccc(F)c3F)C[C@H]2O)c1. The highest BCUT2D eigenvalue weighted by Crippen LogP contribution is 2.24. The van der Waals surface area contributed by atoms with Crippen LogP contribution < -0.4 is 4.74 Å². The number of ether oxygens (including phenoxy) is 1. The number of hydrogen-bond acceptors (Lipinski definition) is 3. The first-order chi connectivity index (χ1) is 13.3. The fourth-order valence-electron chi connectivity index (χ4n) is 3.36. The minimum absolute atomic E-state index is 0.0170. The highest BCUT2D eigenvalue weighted by Gasteiger charge is 2.32. The van der Waals surface area contributed by atoms with Crippen molar-refractivity contribution in [1.82, 2.24) is 4.90 Å². The minimum atomic E-state index is -1.00. The first kappa shape index (κ1) is 20.3. The minimum Gasteiger partial charge on any atom is -0.488 e. The topological polar surface area (TPSA) is 49.8 Å². The summed E-state index contributed by atoms with van der Waals surface area (Å²) in [4.78, 5) is 13.9. The van der Waals surface area contributed by atoms with Crippen LogP contribution in [0.15, 0.2) is 42.5 Å². The van der Waals surface area contributed by atoms with Crippen LogP contribution in [-0.4, -0.2) is 41.2 Å². The van der Waals surface area contributed by atoms with Crippen LogP contribution in [-0.2, 0) is 11.2 Å². The fourth-order valence-corrected chi connectivity index (χ4v) is 3.36. The Kier molecular flexibility index (Phi) is 6.29. The summed E-state index contributed by atoms with van der Waals surface area (Å²) >= 11 is 0. The van der Waals surface area contributed by atoms with Crippen molar-refractivity contribution in [2.24, 2.45) is 0 Å². The summed E-state index contributed by atoms with van der Waals surface area (Å²) in [6, 6.07) is 11.5. The summed E-state index contributed by atoms with van der Waals surface area (Å²) in [6.07, 6.45) is -1.04. The van der Waals surface area contributed by atoms with Crippen LogP contribution >= 0.6 is 0 Å². The van der Waals surface area contributed by atoms with Crippen LogP contribution in [0.25, 0.3) is 0 Å². The van der Waals surface area contributed by atoms with Crippen LogP contribution in [0.5, 0.6) is 5.75 Å². The molecule has 1 N–H and O–H groups in total. The number of piperidine rings is 1. The third kappa shape index (κ3) is 4.68. The zero-order chi connectivity index (χ0) is 20.3. The van der Waals surface area contributed by atoms with Crippen molar-refractivity contribution < 1.29 is 23.4 Å². The normalized spacial score (nSPS) is 19.7. The molecule has 1 saturated heterocycles. The van der Waals surface area contributed by atoms with E-state index < -0.39 is 23.8 Å². The van der Waals surface area contributed by atoms with Crippen LogP contribution in [0.2, 0.25) is 0 Å². The lowest BCUT2D eigenvalue weighted by atomic mass is 10.0. The maximum absolute atomic E-state index is 13.8. The van der Waals surface area contributed by atoms with Gasteiger partial charge in [0.15, 0.2) is 11.6 Å². The quantitative estimate of drug-likeness (QED) is 0.849. The molecule has 6 heteroatoms. The molecule has 1 amide bonds. The number of hydrogen-bond donors (Lipinski definition) is 1. The van der Waals surface area contributed by atoms with Gasteiger partial charge in [0.25, 0.3) is 0 Å². The number of carbonyl (C=O) groups excluding carboxylic acids is 1. The fraction of sp³-hybridized carbons (Fsp3) is 0.409. The Balaban J connectivity index is 1.59. The molecule has 1 aliphatic rings. The summed E-state index contributed by atoms with van der Waals surface area (Å²) in [5.41, 5.74) is 1.17. The molecule has 0 aliphatic carbocycles. The Morgan fingerprint density at radius 1 is 1.25 bits per heavy atom. The van der Waals surface area contributed by atoms with Crippen molar-refractivity contribution in [3.05, 3.63) is 65.2 Å². The molecule has 3 rings (SSSR count). The van der Waals surface area contributed by atoms with E-state index in [9.17, 15) is 18.7 Å². The van der Waals surface area contributed by atoms with Gasteiger partial charge in [-0.15, -0.1) is 0 Å². The lowest BCUT2D eigenvalue weighted by Gasteiger charge is -2.36. The molecule has 0 spiro atoms. The van der Waals surface area contributed by atoms with E-state index in [1.807, 2.05) is 24.3 Å². The molecule has 0 aromatic heterocycles. The second-order valence-electron chi connectivity index (χ2n) is 7.47. The number of β-amino-alcohol motifs (C(OH)–C–C–N with tert-alkyl or cyclic N) is 1. The number of benzene rings is 2. The van der Waals surface area contributed by atoms with E-state index >= 15 is 0 Å². The first-order valence-corrected chi connectivity index (χ1v) is 9.50. The van der Waals surface area contributed by atoms with Crippen LogP contribution in [0, 0.1) is 11.6 Å². The predicted molar refractivity (Wildman–Crippen MR) is 102 cm³/mol. The van der Waals surface area contributed by atoms with E-state index in [-0.39, 0.29) is 24.4 Å². The van der Waals surface area contributed by atoms with Crippen molar-refractivity contribution in [2.75, 3.05) is 13.1 Å². The summed E-state index contributed by atoms with van der Waals surface area (Å²) in [5.74, 6) is -1.25. The molecule has 0 saturated carbocycles. The van der Waals surface area contributed by atoms with Gasteiger partial charge in [-0.2, -0.15) is 0 Å². The smallest absolute Gasteiger partial charge is 0.227 e. The second kappa shape index (κ2) is 8.69. The molecule has 2 aromatic carbocycles. The second-order valence-corrected chi connectivity index (χ2v) is 7.47. The van der Waals surface area contributed by atoms with Crippen LogP contribution in [0.1, 0.15) is 37.3 Å². The van der Waals surface area contributed by atoms with Gasteiger partial charge in [0.2, 0.25) is 5.91 Å². The number of carbonyl (C=O) groups is 1. The maximum Gasteiger partial charge on any atom is 0.227 e. The van der Waals surface area contributed by atoms with Gasteiger partial charge in [-0.3, -0.25) is 4.79 Å². The van der Waals surface area contributed by atoms with E-state index in [2.05, 4.69) is 13.8 Å². The Labute approximate surface area is 163 Å². The molecule has 1 fully saturated rings. The van der Waals surface area contributed by atoms with Gasteiger partial charge in [-0.05, 0) is 29.7 Å². The average Bonchev–Trinajstić information content (AvgIpc) is 2.67. The van der Waals surface area contributed by atoms with Crippen molar-refractivity contribution >= 4 is 5.91 Å². The first-order valence-electron chi connectivity index (χ1n) is 9.50. The Bertz CT molecular complexity index is 840. The molecule has 1 aliphatic heterocycles. The monoisotopic (exact) mass is 389 g/mol. The van der Waals surface area contributed by atoms with Crippen molar-refractivity contribution in [1.29, 1.82) is 0 Å². The lowest BCUT2D eigenvalue weighted by Crippen LogP contribution is -2.51. The predicted octanol–water partition coefficient (Wildman–Crippen LogP) is 3.67. The Morgan fingerprint density at radius 3 is 2.71 bits per heavy atom. The number of aliphatic hydroxyl groups is 1. The summed E-state index contributed by atoms with van der Waals surface area (Å²) in [5, 5.41) is 10.4.